The third kappa shape index (κ3) is 1.59. The van der Waals surface area contributed by atoms with Crippen LogP contribution in [0.5, 0.6) is 0 Å². The smallest absolute Gasteiger partial charge is 0.328 e. The summed E-state index contributed by atoms with van der Waals surface area (Å²) in [5.41, 5.74) is 1.42. The molecule has 1 fully saturated rings. The molecule has 0 amide bonds. The van der Waals surface area contributed by atoms with E-state index in [2.05, 4.69) is 13.8 Å². The zero-order chi connectivity index (χ0) is 7.78. The molecule has 0 unspecified atom stereocenters. The maximum atomic E-state index is 10.1. The Morgan fingerprint density at radius 2 is 2.10 bits per heavy atom. The third-order valence-electron chi connectivity index (χ3n) is 1.74. The Bertz CT molecular complexity index is 179. The van der Waals surface area contributed by atoms with Gasteiger partial charge in [0.25, 0.3) is 0 Å². The first-order chi connectivity index (χ1) is 4.49. The first-order valence-electron chi connectivity index (χ1n) is 3.42. The quantitative estimate of drug-likeness (QED) is 0.564. The van der Waals surface area contributed by atoms with Crippen LogP contribution in [0.1, 0.15) is 26.7 Å². The number of carboxylic acid groups (broad SMARTS) is 1. The van der Waals surface area contributed by atoms with E-state index in [1.807, 2.05) is 0 Å². The van der Waals surface area contributed by atoms with Gasteiger partial charge in [0.1, 0.15) is 0 Å². The highest BCUT2D eigenvalue weighted by molar-refractivity contribution is 5.81. The lowest BCUT2D eigenvalue weighted by Gasteiger charge is -2.36. The van der Waals surface area contributed by atoms with Crippen LogP contribution in [0.2, 0.25) is 0 Å². The molecule has 56 valence electrons. The molecule has 2 nitrogen and oxygen atoms in total. The second-order valence-corrected chi connectivity index (χ2v) is 3.66. The maximum absolute atomic E-state index is 10.1. The molecule has 1 N–H and O–H groups in total. The number of carbonyl (C=O) groups is 1. The minimum absolute atomic E-state index is 0.348. The molecular formula is C8H12O2. The van der Waals surface area contributed by atoms with Gasteiger partial charge < -0.3 is 5.11 Å². The molecule has 1 rings (SSSR count). The summed E-state index contributed by atoms with van der Waals surface area (Å²) in [7, 11) is 0. The number of allylic oxidation sites excluding steroid dienone is 1. The van der Waals surface area contributed by atoms with Crippen molar-refractivity contribution in [1.82, 2.24) is 0 Å². The van der Waals surface area contributed by atoms with Gasteiger partial charge in [-0.05, 0) is 18.3 Å². The van der Waals surface area contributed by atoms with Gasteiger partial charge in [0.15, 0.2) is 0 Å². The van der Waals surface area contributed by atoms with Crippen LogP contribution in [0.4, 0.5) is 0 Å². The molecule has 0 radical (unpaired) electrons. The molecule has 0 aromatic carbocycles. The first kappa shape index (κ1) is 7.32. The lowest BCUT2D eigenvalue weighted by molar-refractivity contribution is -0.131. The molecule has 1 saturated carbocycles. The van der Waals surface area contributed by atoms with E-state index in [4.69, 9.17) is 5.11 Å². The number of aliphatic carboxylic acids is 1. The lowest BCUT2D eigenvalue weighted by atomic mass is 9.68. The summed E-state index contributed by atoms with van der Waals surface area (Å²) < 4.78 is 0. The highest BCUT2D eigenvalue weighted by Gasteiger charge is 2.31. The molecule has 0 aromatic heterocycles. The summed E-state index contributed by atoms with van der Waals surface area (Å²) in [6.07, 6.45) is 3.21. The second kappa shape index (κ2) is 2.11. The Morgan fingerprint density at radius 1 is 1.60 bits per heavy atom. The zero-order valence-electron chi connectivity index (χ0n) is 6.35. The van der Waals surface area contributed by atoms with E-state index in [0.29, 0.717) is 5.41 Å². The van der Waals surface area contributed by atoms with Crippen molar-refractivity contribution in [3.63, 3.8) is 0 Å². The number of carboxylic acids is 1. The normalized spacial score (nSPS) is 21.6. The van der Waals surface area contributed by atoms with Gasteiger partial charge in [-0.2, -0.15) is 0 Å². The summed E-state index contributed by atoms with van der Waals surface area (Å²) in [5, 5.41) is 8.34. The second-order valence-electron chi connectivity index (χ2n) is 3.66. The van der Waals surface area contributed by atoms with Crippen molar-refractivity contribution in [2.24, 2.45) is 5.41 Å². The summed E-state index contributed by atoms with van der Waals surface area (Å²) >= 11 is 0. The van der Waals surface area contributed by atoms with Gasteiger partial charge in [0.2, 0.25) is 0 Å². The highest BCUT2D eigenvalue weighted by atomic mass is 16.4. The van der Waals surface area contributed by atoms with Gasteiger partial charge in [-0.3, -0.25) is 0 Å². The monoisotopic (exact) mass is 140 g/mol. The van der Waals surface area contributed by atoms with Crippen molar-refractivity contribution >= 4 is 5.97 Å². The van der Waals surface area contributed by atoms with E-state index in [-0.39, 0.29) is 0 Å². The van der Waals surface area contributed by atoms with E-state index in [1.54, 1.807) is 0 Å². The Kier molecular flexibility index (Phi) is 1.55. The van der Waals surface area contributed by atoms with Crippen molar-refractivity contribution in [2.45, 2.75) is 26.7 Å². The summed E-state index contributed by atoms with van der Waals surface area (Å²) in [5.74, 6) is -0.814. The molecule has 0 aromatic rings. The fraction of sp³-hybridized carbons (Fsp3) is 0.625. The minimum Gasteiger partial charge on any atom is -0.478 e. The summed E-state index contributed by atoms with van der Waals surface area (Å²) in [6, 6.07) is 0. The molecule has 0 heterocycles. The van der Waals surface area contributed by atoms with Crippen LogP contribution in [-0.2, 0) is 4.79 Å². The van der Waals surface area contributed by atoms with E-state index < -0.39 is 5.97 Å². The van der Waals surface area contributed by atoms with Crippen LogP contribution in [0.3, 0.4) is 0 Å². The Morgan fingerprint density at radius 3 is 2.40 bits per heavy atom. The summed E-state index contributed by atoms with van der Waals surface area (Å²) in [6.45, 7) is 4.29. The Labute approximate surface area is 60.6 Å². The molecule has 0 aliphatic heterocycles. The van der Waals surface area contributed by atoms with Crippen LogP contribution in [0, 0.1) is 5.41 Å². The van der Waals surface area contributed by atoms with Gasteiger partial charge >= 0.3 is 5.97 Å². The van der Waals surface area contributed by atoms with Crippen LogP contribution < -0.4 is 0 Å². The predicted molar refractivity (Wildman–Crippen MR) is 38.7 cm³/mol. The topological polar surface area (TPSA) is 37.3 Å². The van der Waals surface area contributed by atoms with Crippen LogP contribution in [0.25, 0.3) is 0 Å². The highest BCUT2D eigenvalue weighted by Crippen LogP contribution is 2.43. The average Bonchev–Trinajstić information content (AvgIpc) is 1.57. The Balaban J connectivity index is 2.46. The number of rotatable bonds is 1. The SMILES string of the molecule is CC1(C)CC(=CC(=O)O)C1. The largest absolute Gasteiger partial charge is 0.478 e. The third-order valence-corrected chi connectivity index (χ3v) is 1.74. The standard InChI is InChI=1S/C8H12O2/c1-8(2)4-6(5-8)3-7(9)10/h3H,4-5H2,1-2H3,(H,9,10). The first-order valence-corrected chi connectivity index (χ1v) is 3.42. The molecule has 1 aliphatic rings. The molecule has 2 heteroatoms. The fourth-order valence-electron chi connectivity index (χ4n) is 1.45. The van der Waals surface area contributed by atoms with Crippen molar-refractivity contribution in [3.05, 3.63) is 11.6 Å². The van der Waals surface area contributed by atoms with Crippen molar-refractivity contribution in [3.8, 4) is 0 Å². The van der Waals surface area contributed by atoms with Crippen molar-refractivity contribution in [1.29, 1.82) is 0 Å². The fourth-order valence-corrected chi connectivity index (χ4v) is 1.45. The maximum Gasteiger partial charge on any atom is 0.328 e. The molecule has 0 atom stereocenters. The molecular weight excluding hydrogens is 128 g/mol. The summed E-state index contributed by atoms with van der Waals surface area (Å²) in [4.78, 5) is 10.1. The van der Waals surface area contributed by atoms with E-state index in [9.17, 15) is 4.79 Å². The number of hydrogen-bond acceptors (Lipinski definition) is 1. The van der Waals surface area contributed by atoms with Crippen LogP contribution in [0.15, 0.2) is 11.6 Å². The van der Waals surface area contributed by atoms with Gasteiger partial charge in [-0.1, -0.05) is 19.4 Å². The molecule has 0 bridgehead atoms. The molecule has 0 saturated heterocycles. The predicted octanol–water partition coefficient (Wildman–Crippen LogP) is 1.82. The molecule has 0 spiro atoms. The van der Waals surface area contributed by atoms with Gasteiger partial charge in [0.05, 0.1) is 0 Å². The van der Waals surface area contributed by atoms with E-state index >= 15 is 0 Å². The zero-order valence-corrected chi connectivity index (χ0v) is 6.35. The molecule has 1 aliphatic carbocycles. The van der Waals surface area contributed by atoms with Gasteiger partial charge in [-0.15, -0.1) is 0 Å². The average molecular weight is 140 g/mol. The van der Waals surface area contributed by atoms with Gasteiger partial charge in [-0.25, -0.2) is 4.79 Å². The van der Waals surface area contributed by atoms with Crippen LogP contribution >= 0.6 is 0 Å². The van der Waals surface area contributed by atoms with Crippen molar-refractivity contribution in [2.75, 3.05) is 0 Å². The van der Waals surface area contributed by atoms with E-state index in [1.165, 1.54) is 6.08 Å². The molecule has 10 heavy (non-hydrogen) atoms. The van der Waals surface area contributed by atoms with Crippen LogP contribution in [-0.4, -0.2) is 11.1 Å². The lowest BCUT2D eigenvalue weighted by Crippen LogP contribution is -2.24. The number of hydrogen-bond donors (Lipinski definition) is 1. The minimum atomic E-state index is -0.814. The Hall–Kier alpha value is -0.790. The van der Waals surface area contributed by atoms with Gasteiger partial charge in [0, 0.05) is 6.08 Å². The van der Waals surface area contributed by atoms with E-state index in [0.717, 1.165) is 18.4 Å². The van der Waals surface area contributed by atoms with Crippen molar-refractivity contribution < 1.29 is 9.90 Å².